The molecule has 8 heteroatoms. The van der Waals surface area contributed by atoms with Crippen molar-refractivity contribution in [1.82, 2.24) is 5.48 Å². The standard InChI is InChI=1S/C25H25BrN2O5/c1-16(6-2-5-9-23(30)28-32)24(33-25(31)27-18-12-10-17(26)11-13-18)21-14-15-22(29)20-8-4-3-7-19(20)21/h3-5,7-16,24,29,32H,2,6H2,1H3,(H,27,31)(H,28,30)/b9-5+/t16-,24+/m0/s1. The number of nitrogens with one attached hydrogen (secondary N) is 2. The summed E-state index contributed by atoms with van der Waals surface area (Å²) in [5.41, 5.74) is 2.93. The van der Waals surface area contributed by atoms with Crippen molar-refractivity contribution in [3.05, 3.63) is 82.9 Å². The van der Waals surface area contributed by atoms with Crippen LogP contribution in [0.2, 0.25) is 0 Å². The fraction of sp³-hybridized carbons (Fsp3) is 0.200. The molecule has 0 spiro atoms. The van der Waals surface area contributed by atoms with E-state index in [0.29, 0.717) is 23.9 Å². The van der Waals surface area contributed by atoms with Gasteiger partial charge < -0.3 is 9.84 Å². The van der Waals surface area contributed by atoms with Gasteiger partial charge >= 0.3 is 6.09 Å². The summed E-state index contributed by atoms with van der Waals surface area (Å²) in [5, 5.41) is 23.1. The number of ether oxygens (including phenoxy) is 1. The quantitative estimate of drug-likeness (QED) is 0.166. The molecule has 0 unspecified atom stereocenters. The van der Waals surface area contributed by atoms with E-state index < -0.39 is 18.1 Å². The number of allylic oxidation sites excluding steroid dienone is 1. The third-order valence-electron chi connectivity index (χ3n) is 5.25. The third-order valence-corrected chi connectivity index (χ3v) is 5.78. The first-order valence-corrected chi connectivity index (χ1v) is 11.2. The lowest BCUT2D eigenvalue weighted by atomic mass is 9.89. The zero-order valence-electron chi connectivity index (χ0n) is 18.0. The fourth-order valence-corrected chi connectivity index (χ4v) is 3.84. The molecule has 0 saturated heterocycles. The van der Waals surface area contributed by atoms with Crippen molar-refractivity contribution in [3.63, 3.8) is 0 Å². The summed E-state index contributed by atoms with van der Waals surface area (Å²) in [7, 11) is 0. The molecule has 3 rings (SSSR count). The smallest absolute Gasteiger partial charge is 0.412 e. The van der Waals surface area contributed by atoms with Gasteiger partial charge in [0.2, 0.25) is 0 Å². The van der Waals surface area contributed by atoms with E-state index in [1.165, 1.54) is 6.08 Å². The highest BCUT2D eigenvalue weighted by atomic mass is 79.9. The van der Waals surface area contributed by atoms with Gasteiger partial charge in [0.25, 0.3) is 5.91 Å². The first-order valence-electron chi connectivity index (χ1n) is 10.4. The van der Waals surface area contributed by atoms with Gasteiger partial charge in [-0.3, -0.25) is 15.3 Å². The summed E-state index contributed by atoms with van der Waals surface area (Å²) in [4.78, 5) is 23.9. The second-order valence-corrected chi connectivity index (χ2v) is 8.53. The molecule has 33 heavy (non-hydrogen) atoms. The number of hydrogen-bond donors (Lipinski definition) is 4. The fourth-order valence-electron chi connectivity index (χ4n) is 3.57. The average molecular weight is 513 g/mol. The highest BCUT2D eigenvalue weighted by molar-refractivity contribution is 9.10. The molecule has 4 N–H and O–H groups in total. The van der Waals surface area contributed by atoms with Gasteiger partial charge in [0.1, 0.15) is 11.9 Å². The van der Waals surface area contributed by atoms with Gasteiger partial charge in [0.05, 0.1) is 0 Å². The van der Waals surface area contributed by atoms with Gasteiger partial charge in [-0.05, 0) is 54.5 Å². The largest absolute Gasteiger partial charge is 0.507 e. The topological polar surface area (TPSA) is 108 Å². The predicted molar refractivity (Wildman–Crippen MR) is 130 cm³/mol. The molecule has 0 fully saturated rings. The molecule has 172 valence electrons. The van der Waals surface area contributed by atoms with Crippen LogP contribution in [0.25, 0.3) is 10.8 Å². The van der Waals surface area contributed by atoms with Crippen molar-refractivity contribution in [1.29, 1.82) is 0 Å². The number of aromatic hydroxyl groups is 1. The van der Waals surface area contributed by atoms with Crippen LogP contribution in [0, 0.1) is 5.92 Å². The Bertz CT molecular complexity index is 1150. The minimum absolute atomic E-state index is 0.115. The first kappa shape index (κ1) is 24.3. The molecule has 0 saturated carbocycles. The zero-order valence-corrected chi connectivity index (χ0v) is 19.6. The molecule has 3 aromatic carbocycles. The number of carbonyl (C=O) groups is 2. The summed E-state index contributed by atoms with van der Waals surface area (Å²) >= 11 is 3.37. The van der Waals surface area contributed by atoms with Crippen LogP contribution in [-0.4, -0.2) is 22.3 Å². The van der Waals surface area contributed by atoms with E-state index in [1.807, 2.05) is 43.3 Å². The molecular formula is C25H25BrN2O5. The van der Waals surface area contributed by atoms with Crippen LogP contribution >= 0.6 is 15.9 Å². The molecular weight excluding hydrogens is 488 g/mol. The van der Waals surface area contributed by atoms with Crippen LogP contribution in [-0.2, 0) is 9.53 Å². The number of amides is 2. The molecule has 0 aliphatic rings. The van der Waals surface area contributed by atoms with E-state index in [2.05, 4.69) is 21.2 Å². The van der Waals surface area contributed by atoms with Gasteiger partial charge in [0, 0.05) is 27.2 Å². The number of fused-ring (bicyclic) bond motifs is 1. The number of anilines is 1. The molecule has 0 radical (unpaired) electrons. The number of rotatable bonds is 8. The van der Waals surface area contributed by atoms with Crippen LogP contribution in [0.4, 0.5) is 10.5 Å². The molecule has 0 heterocycles. The van der Waals surface area contributed by atoms with Crippen molar-refractivity contribution in [2.75, 3.05) is 5.32 Å². The summed E-state index contributed by atoms with van der Waals surface area (Å²) in [6, 6.07) is 17.9. The lowest BCUT2D eigenvalue weighted by Crippen LogP contribution is -2.22. The highest BCUT2D eigenvalue weighted by Gasteiger charge is 2.26. The Hall–Kier alpha value is -3.36. The van der Waals surface area contributed by atoms with Crippen LogP contribution in [0.5, 0.6) is 5.75 Å². The van der Waals surface area contributed by atoms with Crippen LogP contribution in [0.3, 0.4) is 0 Å². The second kappa shape index (κ2) is 11.5. The van der Waals surface area contributed by atoms with Crippen LogP contribution in [0.1, 0.15) is 31.4 Å². The number of phenolic OH excluding ortho intramolecular Hbond substituents is 1. The van der Waals surface area contributed by atoms with Gasteiger partial charge in [-0.15, -0.1) is 0 Å². The maximum atomic E-state index is 12.8. The van der Waals surface area contributed by atoms with Gasteiger partial charge in [-0.2, -0.15) is 0 Å². The van der Waals surface area contributed by atoms with Crippen molar-refractivity contribution >= 4 is 44.4 Å². The number of phenols is 1. The van der Waals surface area contributed by atoms with Crippen LogP contribution < -0.4 is 10.8 Å². The molecule has 2 amide bonds. The first-order chi connectivity index (χ1) is 15.9. The maximum Gasteiger partial charge on any atom is 0.412 e. The van der Waals surface area contributed by atoms with Gasteiger partial charge in [0.15, 0.2) is 0 Å². The molecule has 3 aromatic rings. The van der Waals surface area contributed by atoms with E-state index in [4.69, 9.17) is 9.94 Å². The van der Waals surface area contributed by atoms with E-state index in [0.717, 1.165) is 15.4 Å². The van der Waals surface area contributed by atoms with E-state index in [1.54, 1.807) is 35.8 Å². The number of hydrogen-bond acceptors (Lipinski definition) is 5. The van der Waals surface area contributed by atoms with Crippen LogP contribution in [0.15, 0.2) is 77.3 Å². The molecule has 0 aliphatic carbocycles. The minimum Gasteiger partial charge on any atom is -0.507 e. The molecule has 7 nitrogen and oxygen atoms in total. The Labute approximate surface area is 200 Å². The summed E-state index contributed by atoms with van der Waals surface area (Å²) < 4.78 is 6.79. The normalized spacial score (nSPS) is 12.9. The molecule has 0 aliphatic heterocycles. The lowest BCUT2D eigenvalue weighted by molar-refractivity contribution is -0.124. The maximum absolute atomic E-state index is 12.8. The Morgan fingerprint density at radius 3 is 2.45 bits per heavy atom. The monoisotopic (exact) mass is 512 g/mol. The number of benzene rings is 3. The third kappa shape index (κ3) is 6.57. The van der Waals surface area contributed by atoms with Crippen molar-refractivity contribution < 1.29 is 24.6 Å². The molecule has 0 bridgehead atoms. The Kier molecular flexibility index (Phi) is 8.46. The van der Waals surface area contributed by atoms with E-state index in [9.17, 15) is 14.7 Å². The highest BCUT2D eigenvalue weighted by Crippen LogP contribution is 2.37. The summed E-state index contributed by atoms with van der Waals surface area (Å²) in [6.07, 6.45) is 2.85. The average Bonchev–Trinajstić information content (AvgIpc) is 2.82. The minimum atomic E-state index is -0.606. The van der Waals surface area contributed by atoms with E-state index in [-0.39, 0.29) is 11.7 Å². The van der Waals surface area contributed by atoms with E-state index >= 15 is 0 Å². The molecule has 0 aromatic heterocycles. The number of halogens is 1. The van der Waals surface area contributed by atoms with Crippen molar-refractivity contribution in [3.8, 4) is 5.75 Å². The van der Waals surface area contributed by atoms with Crippen molar-refractivity contribution in [2.24, 2.45) is 5.92 Å². The zero-order chi connectivity index (χ0) is 23.8. The summed E-state index contributed by atoms with van der Waals surface area (Å²) in [6.45, 7) is 1.96. The Balaban J connectivity index is 1.85. The summed E-state index contributed by atoms with van der Waals surface area (Å²) in [5.74, 6) is -0.567. The van der Waals surface area contributed by atoms with Gasteiger partial charge in [-0.1, -0.05) is 59.3 Å². The van der Waals surface area contributed by atoms with Gasteiger partial charge in [-0.25, -0.2) is 10.3 Å². The predicted octanol–water partition coefficient (Wildman–Crippen LogP) is 6.08. The van der Waals surface area contributed by atoms with Crippen molar-refractivity contribution in [2.45, 2.75) is 25.9 Å². The second-order valence-electron chi connectivity index (χ2n) is 7.61. The SMILES string of the molecule is C[C@@H](CC/C=C/C(=O)NO)[C@@H](OC(=O)Nc1ccc(Br)cc1)c1ccc(O)c2ccccc12. The Morgan fingerprint density at radius 2 is 1.76 bits per heavy atom. The number of hydroxylamine groups is 1. The molecule has 2 atom stereocenters. The Morgan fingerprint density at radius 1 is 1.06 bits per heavy atom. The number of carbonyl (C=O) groups excluding carboxylic acids is 2. The lowest BCUT2D eigenvalue weighted by Gasteiger charge is -2.26.